The smallest absolute Gasteiger partial charge is 0.321 e. The van der Waals surface area contributed by atoms with Gasteiger partial charge in [-0.3, -0.25) is 9.00 Å². The molecule has 15 heavy (non-hydrogen) atoms. The lowest BCUT2D eigenvalue weighted by Gasteiger charge is -2.06. The van der Waals surface area contributed by atoms with Crippen molar-refractivity contribution in [2.75, 3.05) is 5.75 Å². The molecule has 1 rings (SSSR count). The van der Waals surface area contributed by atoms with E-state index in [1.807, 2.05) is 30.3 Å². The fraction of sp³-hybridized carbons (Fsp3) is 0.300. The average Bonchev–Trinajstić information content (AvgIpc) is 2.18. The molecule has 1 aromatic rings. The lowest BCUT2D eigenvalue weighted by atomic mass is 10.2. The van der Waals surface area contributed by atoms with Crippen molar-refractivity contribution in [1.29, 1.82) is 0 Å². The van der Waals surface area contributed by atoms with Crippen LogP contribution in [0.15, 0.2) is 30.3 Å². The Bertz CT molecular complexity index is 353. The highest BCUT2D eigenvalue weighted by Gasteiger charge is 2.15. The second kappa shape index (κ2) is 5.63. The standard InChI is InChI=1S/C10H13NO3S/c11-9(10(12)13)7-15(14)6-8-4-2-1-3-5-8/h1-5,9H,6-7,11H2,(H,12,13)/t9-,15+/m0/s1. The maximum absolute atomic E-state index is 11.5. The molecule has 1 aromatic carbocycles. The third-order valence-electron chi connectivity index (χ3n) is 1.85. The van der Waals surface area contributed by atoms with Crippen molar-refractivity contribution in [3.63, 3.8) is 0 Å². The van der Waals surface area contributed by atoms with Gasteiger partial charge in [-0.05, 0) is 5.56 Å². The van der Waals surface area contributed by atoms with Gasteiger partial charge in [-0.15, -0.1) is 0 Å². The van der Waals surface area contributed by atoms with Crippen LogP contribution in [0.2, 0.25) is 0 Å². The number of carbonyl (C=O) groups is 1. The molecule has 0 amide bonds. The Labute approximate surface area is 90.6 Å². The van der Waals surface area contributed by atoms with Crippen LogP contribution in [0.25, 0.3) is 0 Å². The molecule has 5 heteroatoms. The topological polar surface area (TPSA) is 80.4 Å². The highest BCUT2D eigenvalue weighted by molar-refractivity contribution is 7.84. The first-order chi connectivity index (χ1) is 7.09. The van der Waals surface area contributed by atoms with Crippen LogP contribution in [0.3, 0.4) is 0 Å². The predicted octanol–water partition coefficient (Wildman–Crippen LogP) is 0.347. The van der Waals surface area contributed by atoms with E-state index >= 15 is 0 Å². The number of carboxylic acids is 1. The summed E-state index contributed by atoms with van der Waals surface area (Å²) in [7, 11) is -1.23. The average molecular weight is 227 g/mol. The lowest BCUT2D eigenvalue weighted by Crippen LogP contribution is -2.35. The zero-order valence-electron chi connectivity index (χ0n) is 8.13. The number of hydrogen-bond acceptors (Lipinski definition) is 3. The number of rotatable bonds is 5. The Morgan fingerprint density at radius 2 is 2.00 bits per heavy atom. The lowest BCUT2D eigenvalue weighted by molar-refractivity contribution is -0.137. The van der Waals surface area contributed by atoms with E-state index in [1.54, 1.807) is 0 Å². The highest BCUT2D eigenvalue weighted by Crippen LogP contribution is 2.03. The summed E-state index contributed by atoms with van der Waals surface area (Å²) >= 11 is 0. The molecule has 0 saturated heterocycles. The van der Waals surface area contributed by atoms with Gasteiger partial charge in [0.15, 0.2) is 0 Å². The van der Waals surface area contributed by atoms with Gasteiger partial charge >= 0.3 is 5.97 Å². The van der Waals surface area contributed by atoms with Gasteiger partial charge in [0.1, 0.15) is 6.04 Å². The van der Waals surface area contributed by atoms with Crippen LogP contribution < -0.4 is 5.73 Å². The first-order valence-electron chi connectivity index (χ1n) is 4.47. The first kappa shape index (κ1) is 11.9. The van der Waals surface area contributed by atoms with Crippen LogP contribution in [0.1, 0.15) is 5.56 Å². The predicted molar refractivity (Wildman–Crippen MR) is 58.8 cm³/mol. The van der Waals surface area contributed by atoms with Gasteiger partial charge in [-0.25, -0.2) is 0 Å². The van der Waals surface area contributed by atoms with Crippen molar-refractivity contribution in [2.24, 2.45) is 5.73 Å². The maximum Gasteiger partial charge on any atom is 0.321 e. The third kappa shape index (κ3) is 4.22. The fourth-order valence-corrected chi connectivity index (χ4v) is 2.32. The van der Waals surface area contributed by atoms with E-state index in [1.165, 1.54) is 0 Å². The van der Waals surface area contributed by atoms with E-state index in [0.29, 0.717) is 5.75 Å². The summed E-state index contributed by atoms with van der Waals surface area (Å²) in [5, 5.41) is 8.54. The Hall–Kier alpha value is -1.20. The van der Waals surface area contributed by atoms with Gasteiger partial charge in [0.05, 0.1) is 0 Å². The van der Waals surface area contributed by atoms with Gasteiger partial charge < -0.3 is 10.8 Å². The Balaban J connectivity index is 2.47. The van der Waals surface area contributed by atoms with E-state index in [-0.39, 0.29) is 5.75 Å². The summed E-state index contributed by atoms with van der Waals surface area (Å²) in [4.78, 5) is 10.4. The van der Waals surface area contributed by atoms with Crippen molar-refractivity contribution in [1.82, 2.24) is 0 Å². The van der Waals surface area contributed by atoms with E-state index in [0.717, 1.165) is 5.56 Å². The van der Waals surface area contributed by atoms with Gasteiger partial charge in [0.2, 0.25) is 0 Å². The van der Waals surface area contributed by atoms with Gasteiger partial charge in [-0.1, -0.05) is 30.3 Å². The number of carboxylic acid groups (broad SMARTS) is 1. The molecule has 0 aliphatic rings. The first-order valence-corrected chi connectivity index (χ1v) is 5.95. The molecule has 3 N–H and O–H groups in total. The molecule has 0 spiro atoms. The molecule has 0 unspecified atom stereocenters. The van der Waals surface area contributed by atoms with Crippen molar-refractivity contribution in [2.45, 2.75) is 11.8 Å². The van der Waals surface area contributed by atoms with Gasteiger partial charge in [0.25, 0.3) is 0 Å². The number of hydrogen-bond donors (Lipinski definition) is 2. The molecule has 0 heterocycles. The molecular formula is C10H13NO3S. The van der Waals surface area contributed by atoms with Gasteiger partial charge in [-0.2, -0.15) is 0 Å². The van der Waals surface area contributed by atoms with Crippen LogP contribution in [0.5, 0.6) is 0 Å². The largest absolute Gasteiger partial charge is 0.480 e. The summed E-state index contributed by atoms with van der Waals surface area (Å²) in [5.41, 5.74) is 6.20. The minimum Gasteiger partial charge on any atom is -0.480 e. The Morgan fingerprint density at radius 3 is 2.53 bits per heavy atom. The van der Waals surface area contributed by atoms with Crippen LogP contribution in [-0.4, -0.2) is 27.1 Å². The molecule has 0 aliphatic heterocycles. The van der Waals surface area contributed by atoms with Crippen LogP contribution >= 0.6 is 0 Å². The van der Waals surface area contributed by atoms with E-state index < -0.39 is 22.8 Å². The van der Waals surface area contributed by atoms with Crippen molar-refractivity contribution < 1.29 is 14.1 Å². The van der Waals surface area contributed by atoms with Crippen molar-refractivity contribution in [3.8, 4) is 0 Å². The van der Waals surface area contributed by atoms with Crippen LogP contribution in [-0.2, 0) is 21.3 Å². The highest BCUT2D eigenvalue weighted by atomic mass is 32.2. The molecule has 0 saturated carbocycles. The molecule has 0 aromatic heterocycles. The van der Waals surface area contributed by atoms with E-state index in [9.17, 15) is 9.00 Å². The van der Waals surface area contributed by atoms with Crippen molar-refractivity contribution >= 4 is 16.8 Å². The third-order valence-corrected chi connectivity index (χ3v) is 3.24. The summed E-state index contributed by atoms with van der Waals surface area (Å²) in [6.45, 7) is 0. The summed E-state index contributed by atoms with van der Waals surface area (Å²) in [5.74, 6) is -0.775. The summed E-state index contributed by atoms with van der Waals surface area (Å²) in [6.07, 6.45) is 0. The number of aliphatic carboxylic acids is 1. The molecule has 0 aliphatic carbocycles. The van der Waals surface area contributed by atoms with E-state index in [4.69, 9.17) is 10.8 Å². The summed E-state index contributed by atoms with van der Waals surface area (Å²) < 4.78 is 11.5. The Morgan fingerprint density at radius 1 is 1.40 bits per heavy atom. The zero-order valence-corrected chi connectivity index (χ0v) is 8.94. The normalized spacial score (nSPS) is 14.5. The van der Waals surface area contributed by atoms with Crippen LogP contribution in [0, 0.1) is 0 Å². The van der Waals surface area contributed by atoms with E-state index in [2.05, 4.69) is 0 Å². The molecule has 2 atom stereocenters. The zero-order chi connectivity index (χ0) is 11.3. The quantitative estimate of drug-likeness (QED) is 0.760. The van der Waals surface area contributed by atoms with Gasteiger partial charge in [0, 0.05) is 22.3 Å². The second-order valence-electron chi connectivity index (χ2n) is 3.18. The number of benzene rings is 1. The SMILES string of the molecule is N[C@@H](C[S@](=O)Cc1ccccc1)C(=O)O. The fourth-order valence-electron chi connectivity index (χ4n) is 1.09. The summed E-state index contributed by atoms with van der Waals surface area (Å²) in [6, 6.07) is 8.23. The minimum absolute atomic E-state index is 0.00969. The molecule has 0 fully saturated rings. The monoisotopic (exact) mass is 227 g/mol. The Kier molecular flexibility index (Phi) is 4.45. The number of nitrogens with two attached hydrogens (primary N) is 1. The second-order valence-corrected chi connectivity index (χ2v) is 4.68. The van der Waals surface area contributed by atoms with Crippen LogP contribution in [0.4, 0.5) is 0 Å². The maximum atomic E-state index is 11.5. The molecular weight excluding hydrogens is 214 g/mol. The minimum atomic E-state index is -1.23. The molecule has 82 valence electrons. The molecule has 0 bridgehead atoms. The van der Waals surface area contributed by atoms with Crippen molar-refractivity contribution in [3.05, 3.63) is 35.9 Å². The molecule has 0 radical (unpaired) electrons. The molecule has 4 nitrogen and oxygen atoms in total.